The van der Waals surface area contributed by atoms with Crippen LogP contribution in [0.2, 0.25) is 0 Å². The number of hydrogen-bond donors (Lipinski definition) is 1. The van der Waals surface area contributed by atoms with Gasteiger partial charge in [0.15, 0.2) is 0 Å². The average Bonchev–Trinajstić information content (AvgIpc) is 3.30. The van der Waals surface area contributed by atoms with E-state index in [2.05, 4.69) is 15.5 Å². The van der Waals surface area contributed by atoms with Gasteiger partial charge < -0.3 is 14.5 Å². The molecule has 1 saturated heterocycles. The van der Waals surface area contributed by atoms with Crippen molar-refractivity contribution in [2.24, 2.45) is 0 Å². The maximum Gasteiger partial charge on any atom is 0.247 e. The first-order valence-corrected chi connectivity index (χ1v) is 12.2. The third-order valence-electron chi connectivity index (χ3n) is 5.59. The Morgan fingerprint density at radius 2 is 1.78 bits per heavy atom. The van der Waals surface area contributed by atoms with E-state index in [-0.39, 0.29) is 10.9 Å². The molecule has 4 rings (SSSR count). The summed E-state index contributed by atoms with van der Waals surface area (Å²) in [6.07, 6.45) is 2.80. The summed E-state index contributed by atoms with van der Waals surface area (Å²) in [6.45, 7) is 4.96. The second kappa shape index (κ2) is 9.30. The van der Waals surface area contributed by atoms with E-state index in [0.29, 0.717) is 36.3 Å². The second-order valence-corrected chi connectivity index (χ2v) is 9.91. The molecule has 9 heteroatoms. The number of benzene rings is 2. The predicted molar refractivity (Wildman–Crippen MR) is 122 cm³/mol. The third kappa shape index (κ3) is 4.63. The van der Waals surface area contributed by atoms with Crippen molar-refractivity contribution >= 4 is 15.7 Å². The summed E-state index contributed by atoms with van der Waals surface area (Å²) in [5.74, 6) is 1.18. The van der Waals surface area contributed by atoms with Crippen LogP contribution in [-0.2, 0) is 10.0 Å². The highest BCUT2D eigenvalue weighted by Crippen LogP contribution is 2.32. The Bertz CT molecular complexity index is 1170. The van der Waals surface area contributed by atoms with Gasteiger partial charge in [0.2, 0.25) is 21.8 Å². The van der Waals surface area contributed by atoms with Gasteiger partial charge in [0.25, 0.3) is 0 Å². The van der Waals surface area contributed by atoms with Crippen LogP contribution in [0, 0.1) is 6.92 Å². The Balaban J connectivity index is 1.55. The molecule has 8 nitrogen and oxygen atoms in total. The fraction of sp³-hybridized carbons (Fsp3) is 0.391. The molecule has 1 aromatic heterocycles. The number of rotatable bonds is 7. The number of ether oxygens (including phenoxy) is 1. The average molecular weight is 457 g/mol. The van der Waals surface area contributed by atoms with Crippen LogP contribution in [0.3, 0.4) is 0 Å². The summed E-state index contributed by atoms with van der Waals surface area (Å²) in [6, 6.07) is 12.6. The quantitative estimate of drug-likeness (QED) is 0.563. The van der Waals surface area contributed by atoms with Crippen LogP contribution >= 0.6 is 0 Å². The lowest BCUT2D eigenvalue weighted by Gasteiger charge is -2.27. The molecule has 3 aromatic rings. The second-order valence-electron chi connectivity index (χ2n) is 8.01. The highest BCUT2D eigenvalue weighted by Gasteiger charge is 2.29. The number of hydrogen-bond acceptors (Lipinski definition) is 7. The van der Waals surface area contributed by atoms with E-state index in [1.807, 2.05) is 38.1 Å². The maximum atomic E-state index is 13.2. The first kappa shape index (κ1) is 22.3. The lowest BCUT2D eigenvalue weighted by molar-refractivity contribution is 0.343. The molecular weight excluding hydrogens is 428 g/mol. The number of aryl methyl sites for hydroxylation is 1. The van der Waals surface area contributed by atoms with Gasteiger partial charge in [-0.15, -0.1) is 10.2 Å². The summed E-state index contributed by atoms with van der Waals surface area (Å²) < 4.78 is 39.2. The molecule has 0 saturated carbocycles. The van der Waals surface area contributed by atoms with E-state index < -0.39 is 10.0 Å². The van der Waals surface area contributed by atoms with Gasteiger partial charge in [-0.25, -0.2) is 8.42 Å². The zero-order valence-electron chi connectivity index (χ0n) is 18.5. The summed E-state index contributed by atoms with van der Waals surface area (Å²) in [4.78, 5) is 0.157. The number of piperidine rings is 1. The smallest absolute Gasteiger partial charge is 0.247 e. The Hall–Kier alpha value is -2.91. The van der Waals surface area contributed by atoms with Crippen LogP contribution in [0.4, 0.5) is 5.69 Å². The molecule has 2 aromatic carbocycles. The van der Waals surface area contributed by atoms with Crippen LogP contribution in [0.25, 0.3) is 11.5 Å². The molecule has 170 valence electrons. The van der Waals surface area contributed by atoms with E-state index in [0.717, 1.165) is 30.4 Å². The molecular formula is C23H28N4O4S. The van der Waals surface area contributed by atoms with E-state index in [4.69, 9.17) is 9.15 Å². The Morgan fingerprint density at radius 1 is 1.06 bits per heavy atom. The van der Waals surface area contributed by atoms with Gasteiger partial charge in [0.05, 0.1) is 7.11 Å². The first-order chi connectivity index (χ1) is 15.4. The monoisotopic (exact) mass is 456 g/mol. The molecule has 1 aliphatic rings. The van der Waals surface area contributed by atoms with Crippen molar-refractivity contribution in [1.82, 2.24) is 14.5 Å². The Morgan fingerprint density at radius 3 is 2.47 bits per heavy atom. The molecule has 2 heterocycles. The molecule has 0 bridgehead atoms. The highest BCUT2D eigenvalue weighted by atomic mass is 32.2. The predicted octanol–water partition coefficient (Wildman–Crippen LogP) is 4.40. The largest absolute Gasteiger partial charge is 0.495 e. The molecule has 1 aliphatic heterocycles. The minimum absolute atomic E-state index is 0.157. The minimum atomic E-state index is -3.65. The van der Waals surface area contributed by atoms with Crippen molar-refractivity contribution in [2.75, 3.05) is 25.5 Å². The molecule has 1 fully saturated rings. The Labute approximate surface area is 188 Å². The van der Waals surface area contributed by atoms with Crippen molar-refractivity contribution in [3.8, 4) is 17.2 Å². The van der Waals surface area contributed by atoms with Crippen molar-refractivity contribution < 1.29 is 17.6 Å². The zero-order valence-corrected chi connectivity index (χ0v) is 19.4. The Kier molecular flexibility index (Phi) is 6.48. The topological polar surface area (TPSA) is 97.6 Å². The van der Waals surface area contributed by atoms with Gasteiger partial charge in [-0.3, -0.25) is 0 Å². The third-order valence-corrected chi connectivity index (χ3v) is 7.51. The number of aromatic nitrogens is 2. The van der Waals surface area contributed by atoms with Crippen molar-refractivity contribution in [3.05, 3.63) is 53.9 Å². The van der Waals surface area contributed by atoms with E-state index >= 15 is 0 Å². The molecule has 0 radical (unpaired) electrons. The van der Waals surface area contributed by atoms with Crippen molar-refractivity contribution in [2.45, 2.75) is 44.0 Å². The van der Waals surface area contributed by atoms with Crippen LogP contribution in [0.15, 0.2) is 51.8 Å². The molecule has 0 aliphatic carbocycles. The SMILES string of the molecule is COc1ccc(NC(C)c2nnc(-c3ccc(C)cc3)o2)cc1S(=O)(=O)N1CCCCC1. The summed E-state index contributed by atoms with van der Waals surface area (Å²) in [5, 5.41) is 11.6. The fourth-order valence-electron chi connectivity index (χ4n) is 3.75. The zero-order chi connectivity index (χ0) is 22.7. The van der Waals surface area contributed by atoms with Gasteiger partial charge in [-0.05, 0) is 57.0 Å². The van der Waals surface area contributed by atoms with Gasteiger partial charge >= 0.3 is 0 Å². The normalized spacial score (nSPS) is 16.0. The number of nitrogens with zero attached hydrogens (tertiary/aromatic N) is 3. The summed E-state index contributed by atoms with van der Waals surface area (Å²) in [7, 11) is -2.17. The van der Waals surface area contributed by atoms with Crippen molar-refractivity contribution in [3.63, 3.8) is 0 Å². The van der Waals surface area contributed by atoms with Crippen LogP contribution in [-0.4, -0.2) is 43.1 Å². The van der Waals surface area contributed by atoms with E-state index in [1.165, 1.54) is 11.4 Å². The summed E-state index contributed by atoms with van der Waals surface area (Å²) >= 11 is 0. The highest BCUT2D eigenvalue weighted by molar-refractivity contribution is 7.89. The van der Waals surface area contributed by atoms with Gasteiger partial charge in [-0.1, -0.05) is 24.1 Å². The fourth-order valence-corrected chi connectivity index (χ4v) is 5.45. The molecule has 0 spiro atoms. The molecule has 1 N–H and O–H groups in total. The lowest BCUT2D eigenvalue weighted by atomic mass is 10.1. The molecule has 1 unspecified atom stereocenters. The standard InChI is InChI=1S/C23H28N4O4S/c1-16-7-9-18(10-8-16)23-26-25-22(31-23)17(2)24-19-11-12-20(30-3)21(15-19)32(28,29)27-13-5-4-6-14-27/h7-12,15,17,24H,4-6,13-14H2,1-3H3. The molecule has 32 heavy (non-hydrogen) atoms. The van der Waals surface area contributed by atoms with Gasteiger partial charge in [0.1, 0.15) is 16.7 Å². The number of sulfonamides is 1. The van der Waals surface area contributed by atoms with Crippen LogP contribution in [0.1, 0.15) is 43.7 Å². The number of nitrogens with one attached hydrogen (secondary N) is 1. The number of methoxy groups -OCH3 is 1. The lowest BCUT2D eigenvalue weighted by Crippen LogP contribution is -2.35. The van der Waals surface area contributed by atoms with E-state index in [1.54, 1.807) is 18.2 Å². The van der Waals surface area contributed by atoms with Gasteiger partial charge in [-0.2, -0.15) is 4.31 Å². The van der Waals surface area contributed by atoms with Gasteiger partial charge in [0, 0.05) is 24.3 Å². The molecule has 0 amide bonds. The maximum absolute atomic E-state index is 13.2. The van der Waals surface area contributed by atoms with Crippen LogP contribution < -0.4 is 10.1 Å². The minimum Gasteiger partial charge on any atom is -0.495 e. The summed E-state index contributed by atoms with van der Waals surface area (Å²) in [5.41, 5.74) is 2.63. The van der Waals surface area contributed by atoms with Crippen molar-refractivity contribution in [1.29, 1.82) is 0 Å². The number of anilines is 1. The molecule has 1 atom stereocenters. The van der Waals surface area contributed by atoms with E-state index in [9.17, 15) is 8.42 Å². The van der Waals surface area contributed by atoms with Crippen LogP contribution in [0.5, 0.6) is 5.75 Å². The first-order valence-electron chi connectivity index (χ1n) is 10.7.